The van der Waals surface area contributed by atoms with Crippen molar-refractivity contribution in [3.05, 3.63) is 35.4 Å². The first kappa shape index (κ1) is 15.2. The highest BCUT2D eigenvalue weighted by Crippen LogP contribution is 2.22. The Morgan fingerprint density at radius 3 is 2.79 bits per heavy atom. The molecule has 0 aliphatic carbocycles. The van der Waals surface area contributed by atoms with Crippen LogP contribution in [0.2, 0.25) is 0 Å². The van der Waals surface area contributed by atoms with E-state index in [4.69, 9.17) is 14.6 Å². The standard InChI is InChI=1S/C15H20O4/c1-4-11(2)19-10-13-9-12(6-8-15(16)17)5-7-14(13)18-3/h5-9,11H,4,10H2,1-3H3,(H,16,17). The highest BCUT2D eigenvalue weighted by molar-refractivity contribution is 5.85. The summed E-state index contributed by atoms with van der Waals surface area (Å²) in [5.41, 5.74) is 1.72. The monoisotopic (exact) mass is 264 g/mol. The van der Waals surface area contributed by atoms with Crippen molar-refractivity contribution < 1.29 is 19.4 Å². The first-order valence-electron chi connectivity index (χ1n) is 6.26. The van der Waals surface area contributed by atoms with E-state index in [2.05, 4.69) is 6.92 Å². The van der Waals surface area contributed by atoms with E-state index in [1.54, 1.807) is 13.2 Å². The Morgan fingerprint density at radius 1 is 1.47 bits per heavy atom. The van der Waals surface area contributed by atoms with Crippen molar-refractivity contribution in [2.45, 2.75) is 33.0 Å². The van der Waals surface area contributed by atoms with Crippen LogP contribution in [0.15, 0.2) is 24.3 Å². The number of hydrogen-bond acceptors (Lipinski definition) is 3. The average Bonchev–Trinajstić information content (AvgIpc) is 2.42. The van der Waals surface area contributed by atoms with E-state index in [-0.39, 0.29) is 6.10 Å². The van der Waals surface area contributed by atoms with Gasteiger partial charge in [-0.1, -0.05) is 13.0 Å². The van der Waals surface area contributed by atoms with Gasteiger partial charge in [0.25, 0.3) is 0 Å². The van der Waals surface area contributed by atoms with Crippen LogP contribution in [-0.2, 0) is 16.1 Å². The smallest absolute Gasteiger partial charge is 0.328 e. The van der Waals surface area contributed by atoms with Gasteiger partial charge in [0.15, 0.2) is 0 Å². The third-order valence-electron chi connectivity index (χ3n) is 2.82. The Hall–Kier alpha value is -1.81. The van der Waals surface area contributed by atoms with Crippen LogP contribution in [0.5, 0.6) is 5.75 Å². The van der Waals surface area contributed by atoms with Gasteiger partial charge < -0.3 is 14.6 Å². The van der Waals surface area contributed by atoms with E-state index in [1.807, 2.05) is 25.1 Å². The zero-order chi connectivity index (χ0) is 14.3. The third-order valence-corrected chi connectivity index (χ3v) is 2.82. The lowest BCUT2D eigenvalue weighted by atomic mass is 10.1. The molecular weight excluding hydrogens is 244 g/mol. The maximum absolute atomic E-state index is 10.5. The minimum Gasteiger partial charge on any atom is -0.496 e. The molecule has 1 unspecified atom stereocenters. The molecule has 0 radical (unpaired) electrons. The van der Waals surface area contributed by atoms with E-state index in [0.717, 1.165) is 29.4 Å². The summed E-state index contributed by atoms with van der Waals surface area (Å²) >= 11 is 0. The molecule has 1 aromatic rings. The maximum atomic E-state index is 10.5. The number of ether oxygens (including phenoxy) is 2. The van der Waals surface area contributed by atoms with Crippen LogP contribution >= 0.6 is 0 Å². The number of carboxylic acids is 1. The lowest BCUT2D eigenvalue weighted by Gasteiger charge is -2.13. The van der Waals surface area contributed by atoms with Crippen molar-refractivity contribution >= 4 is 12.0 Å². The second-order valence-corrected chi connectivity index (χ2v) is 4.27. The van der Waals surface area contributed by atoms with Crippen LogP contribution < -0.4 is 4.74 Å². The maximum Gasteiger partial charge on any atom is 0.328 e. The fraction of sp³-hybridized carbons (Fsp3) is 0.400. The summed E-state index contributed by atoms with van der Waals surface area (Å²) in [6.07, 6.45) is 3.79. The van der Waals surface area contributed by atoms with E-state index in [1.165, 1.54) is 0 Å². The first-order valence-corrected chi connectivity index (χ1v) is 6.26. The summed E-state index contributed by atoms with van der Waals surface area (Å²) in [7, 11) is 1.61. The molecule has 0 amide bonds. The molecule has 0 saturated heterocycles. The Bertz CT molecular complexity index is 451. The normalized spacial score (nSPS) is 12.6. The SMILES string of the molecule is CCC(C)OCc1cc(C=CC(=O)O)ccc1OC. The van der Waals surface area contributed by atoms with Crippen molar-refractivity contribution in [2.75, 3.05) is 7.11 Å². The number of methoxy groups -OCH3 is 1. The molecule has 0 aromatic heterocycles. The summed E-state index contributed by atoms with van der Waals surface area (Å²) in [5.74, 6) is -0.219. The van der Waals surface area contributed by atoms with Crippen molar-refractivity contribution in [2.24, 2.45) is 0 Å². The molecule has 0 aliphatic rings. The Kier molecular flexibility index (Phi) is 6.09. The molecule has 0 spiro atoms. The number of aliphatic carboxylic acids is 1. The van der Waals surface area contributed by atoms with Crippen LogP contribution in [0.1, 0.15) is 31.4 Å². The number of benzene rings is 1. The highest BCUT2D eigenvalue weighted by Gasteiger charge is 2.06. The predicted octanol–water partition coefficient (Wildman–Crippen LogP) is 3.11. The van der Waals surface area contributed by atoms with Gasteiger partial charge in [0.2, 0.25) is 0 Å². The van der Waals surface area contributed by atoms with Crippen molar-refractivity contribution in [1.82, 2.24) is 0 Å². The quantitative estimate of drug-likeness (QED) is 0.769. The van der Waals surface area contributed by atoms with Gasteiger partial charge in [-0.2, -0.15) is 0 Å². The molecule has 19 heavy (non-hydrogen) atoms. The van der Waals surface area contributed by atoms with Crippen LogP contribution in [-0.4, -0.2) is 24.3 Å². The lowest BCUT2D eigenvalue weighted by Crippen LogP contribution is -2.07. The van der Waals surface area contributed by atoms with E-state index < -0.39 is 5.97 Å². The minimum absolute atomic E-state index is 0.183. The van der Waals surface area contributed by atoms with Crippen LogP contribution in [0.25, 0.3) is 6.08 Å². The Balaban J connectivity index is 2.86. The molecule has 0 heterocycles. The molecule has 0 saturated carbocycles. The predicted molar refractivity (Wildman–Crippen MR) is 74.2 cm³/mol. The average molecular weight is 264 g/mol. The molecular formula is C15H20O4. The van der Waals surface area contributed by atoms with Gasteiger partial charge in [-0.15, -0.1) is 0 Å². The summed E-state index contributed by atoms with van der Waals surface area (Å²) in [5, 5.41) is 8.62. The second-order valence-electron chi connectivity index (χ2n) is 4.27. The van der Waals surface area contributed by atoms with Crippen LogP contribution in [0.4, 0.5) is 0 Å². The molecule has 104 valence electrons. The van der Waals surface area contributed by atoms with Crippen LogP contribution in [0.3, 0.4) is 0 Å². The number of carbonyl (C=O) groups is 1. The summed E-state index contributed by atoms with van der Waals surface area (Å²) in [6, 6.07) is 5.50. The minimum atomic E-state index is -0.965. The van der Waals surface area contributed by atoms with E-state index in [0.29, 0.717) is 6.61 Å². The zero-order valence-electron chi connectivity index (χ0n) is 11.6. The molecule has 0 bridgehead atoms. The molecule has 0 fully saturated rings. The summed E-state index contributed by atoms with van der Waals surface area (Å²) in [6.45, 7) is 4.53. The van der Waals surface area contributed by atoms with Gasteiger partial charge in [-0.05, 0) is 37.1 Å². The number of rotatable bonds is 7. The van der Waals surface area contributed by atoms with Gasteiger partial charge in [0.05, 0.1) is 19.8 Å². The Labute approximate surface area is 113 Å². The summed E-state index contributed by atoms with van der Waals surface area (Å²) in [4.78, 5) is 10.5. The van der Waals surface area contributed by atoms with Gasteiger partial charge in [0, 0.05) is 11.6 Å². The van der Waals surface area contributed by atoms with Crippen LogP contribution in [0, 0.1) is 0 Å². The van der Waals surface area contributed by atoms with Gasteiger partial charge in [-0.3, -0.25) is 0 Å². The largest absolute Gasteiger partial charge is 0.496 e. The highest BCUT2D eigenvalue weighted by atomic mass is 16.5. The Morgan fingerprint density at radius 2 is 2.21 bits per heavy atom. The van der Waals surface area contributed by atoms with Gasteiger partial charge >= 0.3 is 5.97 Å². The molecule has 1 aromatic carbocycles. The van der Waals surface area contributed by atoms with E-state index >= 15 is 0 Å². The molecule has 1 atom stereocenters. The topological polar surface area (TPSA) is 55.8 Å². The van der Waals surface area contributed by atoms with Crippen molar-refractivity contribution in [3.63, 3.8) is 0 Å². The lowest BCUT2D eigenvalue weighted by molar-refractivity contribution is -0.131. The van der Waals surface area contributed by atoms with E-state index in [9.17, 15) is 4.79 Å². The molecule has 1 rings (SSSR count). The molecule has 0 aliphatic heterocycles. The second kappa shape index (κ2) is 7.59. The van der Waals surface area contributed by atoms with Gasteiger partial charge in [0.1, 0.15) is 5.75 Å². The molecule has 4 heteroatoms. The number of carboxylic acid groups (broad SMARTS) is 1. The fourth-order valence-corrected chi connectivity index (χ4v) is 1.53. The number of hydrogen-bond donors (Lipinski definition) is 1. The summed E-state index contributed by atoms with van der Waals surface area (Å²) < 4.78 is 11.0. The fourth-order valence-electron chi connectivity index (χ4n) is 1.53. The molecule has 1 N–H and O–H groups in total. The first-order chi connectivity index (χ1) is 9.06. The third kappa shape index (κ3) is 5.14. The van der Waals surface area contributed by atoms with Crippen molar-refractivity contribution in [1.29, 1.82) is 0 Å². The molecule has 4 nitrogen and oxygen atoms in total. The zero-order valence-corrected chi connectivity index (χ0v) is 11.6. The van der Waals surface area contributed by atoms with Gasteiger partial charge in [-0.25, -0.2) is 4.79 Å². The van der Waals surface area contributed by atoms with Crippen molar-refractivity contribution in [3.8, 4) is 5.75 Å².